The Bertz CT molecular complexity index is 372. The zero-order valence-corrected chi connectivity index (χ0v) is 11.6. The summed E-state index contributed by atoms with van der Waals surface area (Å²) in [6.45, 7) is 10.4. The van der Waals surface area contributed by atoms with Gasteiger partial charge in [0.05, 0.1) is 5.54 Å². The van der Waals surface area contributed by atoms with Crippen LogP contribution in [0.15, 0.2) is 4.99 Å². The number of nitrogens with zero attached hydrogens (tertiary/aromatic N) is 1. The van der Waals surface area contributed by atoms with E-state index in [1.54, 1.807) is 6.92 Å². The molecule has 0 aromatic rings. The van der Waals surface area contributed by atoms with E-state index in [4.69, 9.17) is 4.99 Å². The third-order valence-corrected chi connectivity index (χ3v) is 4.73. The van der Waals surface area contributed by atoms with Gasteiger partial charge in [0.2, 0.25) is 5.91 Å². The Hall–Kier alpha value is -0.860. The molecule has 1 fully saturated rings. The van der Waals surface area contributed by atoms with E-state index >= 15 is 0 Å². The maximum Gasteiger partial charge on any atom is 0.217 e. The van der Waals surface area contributed by atoms with Crippen LogP contribution in [0.25, 0.3) is 0 Å². The molecule has 0 saturated heterocycles. The van der Waals surface area contributed by atoms with Crippen molar-refractivity contribution in [2.75, 3.05) is 0 Å². The summed E-state index contributed by atoms with van der Waals surface area (Å²) in [5.41, 5.74) is 1.20. The summed E-state index contributed by atoms with van der Waals surface area (Å²) in [6, 6.07) is 0. The molecule has 1 amide bonds. The van der Waals surface area contributed by atoms with Gasteiger partial charge in [-0.15, -0.1) is 0 Å². The molecular weight excluding hydrogens is 212 g/mol. The van der Waals surface area contributed by atoms with Crippen molar-refractivity contribution in [1.29, 1.82) is 0 Å². The predicted octanol–water partition coefficient (Wildman–Crippen LogP) is 2.55. The fourth-order valence-electron chi connectivity index (χ4n) is 3.76. The van der Waals surface area contributed by atoms with Crippen molar-refractivity contribution in [1.82, 2.24) is 5.32 Å². The second-order valence-electron chi connectivity index (χ2n) is 6.53. The predicted molar refractivity (Wildman–Crippen MR) is 70.2 cm³/mol. The fourth-order valence-corrected chi connectivity index (χ4v) is 3.76. The van der Waals surface area contributed by atoms with Crippen LogP contribution in [0.2, 0.25) is 0 Å². The van der Waals surface area contributed by atoms with Crippen LogP contribution in [-0.2, 0) is 4.79 Å². The highest BCUT2D eigenvalue weighted by Crippen LogP contribution is 2.46. The standard InChI is InChI=1S/C14H24N2O/c1-9-12-8-11(13(3,4)15-9)6-7-14(12,5)16-10(2)17/h11-12H,6-8H2,1-5H3,(H,16,17)/t11-,12-,14-/m1/s1. The molecule has 17 heavy (non-hydrogen) atoms. The number of hydrogen-bond acceptors (Lipinski definition) is 2. The minimum Gasteiger partial charge on any atom is -0.351 e. The zero-order valence-electron chi connectivity index (χ0n) is 11.6. The summed E-state index contributed by atoms with van der Waals surface area (Å²) >= 11 is 0. The largest absolute Gasteiger partial charge is 0.351 e. The van der Waals surface area contributed by atoms with Crippen molar-refractivity contribution in [2.24, 2.45) is 16.8 Å². The molecule has 0 spiro atoms. The Labute approximate surface area is 104 Å². The monoisotopic (exact) mass is 236 g/mol. The maximum absolute atomic E-state index is 11.4. The van der Waals surface area contributed by atoms with Gasteiger partial charge in [0, 0.05) is 24.1 Å². The zero-order chi connectivity index (χ0) is 12.8. The molecule has 2 bridgehead atoms. The first-order valence-corrected chi connectivity index (χ1v) is 6.60. The van der Waals surface area contributed by atoms with Crippen molar-refractivity contribution in [3.63, 3.8) is 0 Å². The van der Waals surface area contributed by atoms with Gasteiger partial charge in [-0.2, -0.15) is 0 Å². The van der Waals surface area contributed by atoms with Gasteiger partial charge in [-0.05, 0) is 52.9 Å². The number of fused-ring (bicyclic) bond motifs is 2. The highest BCUT2D eigenvalue weighted by atomic mass is 16.1. The number of amides is 1. The van der Waals surface area contributed by atoms with E-state index in [0.717, 1.165) is 12.8 Å². The Morgan fingerprint density at radius 1 is 1.41 bits per heavy atom. The van der Waals surface area contributed by atoms with Gasteiger partial charge in [0.1, 0.15) is 0 Å². The molecule has 3 nitrogen and oxygen atoms in total. The van der Waals surface area contributed by atoms with Gasteiger partial charge in [0.25, 0.3) is 0 Å². The van der Waals surface area contributed by atoms with Crippen molar-refractivity contribution in [3.8, 4) is 0 Å². The van der Waals surface area contributed by atoms with Crippen LogP contribution in [-0.4, -0.2) is 22.7 Å². The molecule has 96 valence electrons. The van der Waals surface area contributed by atoms with Crippen LogP contribution in [0.1, 0.15) is 53.9 Å². The number of hydrogen-bond donors (Lipinski definition) is 1. The number of carbonyl (C=O) groups excluding carboxylic acids is 1. The van der Waals surface area contributed by atoms with Crippen LogP contribution < -0.4 is 5.32 Å². The number of rotatable bonds is 1. The topological polar surface area (TPSA) is 41.5 Å². The average Bonchev–Trinajstić information content (AvgIpc) is 2.13. The highest BCUT2D eigenvalue weighted by Gasteiger charge is 2.48. The lowest BCUT2D eigenvalue weighted by atomic mass is 9.61. The first-order chi connectivity index (χ1) is 7.74. The SMILES string of the molecule is CC(=O)N[C@]1(C)CC[C@@H]2C[C@@H]1C(C)=NC2(C)C. The van der Waals surface area contributed by atoms with E-state index in [0.29, 0.717) is 11.8 Å². The fraction of sp³-hybridized carbons (Fsp3) is 0.857. The van der Waals surface area contributed by atoms with E-state index in [1.807, 2.05) is 0 Å². The smallest absolute Gasteiger partial charge is 0.217 e. The Morgan fingerprint density at radius 3 is 2.65 bits per heavy atom. The molecule has 1 aliphatic carbocycles. The Morgan fingerprint density at radius 2 is 2.06 bits per heavy atom. The Kier molecular flexibility index (Phi) is 2.83. The van der Waals surface area contributed by atoms with Crippen LogP contribution in [0.3, 0.4) is 0 Å². The summed E-state index contributed by atoms with van der Waals surface area (Å²) in [5, 5.41) is 3.15. The second-order valence-corrected chi connectivity index (χ2v) is 6.53. The minimum absolute atomic E-state index is 0.0728. The third kappa shape index (κ3) is 2.12. The first-order valence-electron chi connectivity index (χ1n) is 6.60. The first kappa shape index (κ1) is 12.6. The van der Waals surface area contributed by atoms with Crippen molar-refractivity contribution in [3.05, 3.63) is 0 Å². The van der Waals surface area contributed by atoms with E-state index in [-0.39, 0.29) is 17.0 Å². The maximum atomic E-state index is 11.4. The molecule has 3 atom stereocenters. The van der Waals surface area contributed by atoms with Gasteiger partial charge < -0.3 is 5.32 Å². The lowest BCUT2D eigenvalue weighted by molar-refractivity contribution is -0.121. The molecular formula is C14H24N2O. The van der Waals surface area contributed by atoms with Gasteiger partial charge >= 0.3 is 0 Å². The number of carbonyl (C=O) groups is 1. The summed E-state index contributed by atoms with van der Waals surface area (Å²) < 4.78 is 0. The molecule has 1 aliphatic heterocycles. The van der Waals surface area contributed by atoms with Gasteiger partial charge in [0.15, 0.2) is 0 Å². The quantitative estimate of drug-likeness (QED) is 0.747. The Balaban J connectivity index is 2.31. The molecule has 1 saturated carbocycles. The summed E-state index contributed by atoms with van der Waals surface area (Å²) in [7, 11) is 0. The molecule has 1 N–H and O–H groups in total. The van der Waals surface area contributed by atoms with Crippen molar-refractivity contribution < 1.29 is 4.79 Å². The average molecular weight is 236 g/mol. The second kappa shape index (κ2) is 3.82. The molecule has 0 aromatic carbocycles. The van der Waals surface area contributed by atoms with E-state index < -0.39 is 0 Å². The van der Waals surface area contributed by atoms with E-state index in [9.17, 15) is 4.79 Å². The van der Waals surface area contributed by atoms with E-state index in [1.165, 1.54) is 12.1 Å². The summed E-state index contributed by atoms with van der Waals surface area (Å²) in [6.07, 6.45) is 3.40. The number of nitrogens with one attached hydrogen (secondary N) is 1. The van der Waals surface area contributed by atoms with Crippen LogP contribution in [0, 0.1) is 11.8 Å². The highest BCUT2D eigenvalue weighted by molar-refractivity contribution is 5.88. The molecule has 3 heteroatoms. The molecule has 0 aromatic heterocycles. The van der Waals surface area contributed by atoms with Crippen LogP contribution >= 0.6 is 0 Å². The van der Waals surface area contributed by atoms with Crippen LogP contribution in [0.4, 0.5) is 0 Å². The van der Waals surface area contributed by atoms with Gasteiger partial charge in [-0.1, -0.05) is 0 Å². The molecule has 2 rings (SSSR count). The molecule has 2 aliphatic rings. The molecule has 1 heterocycles. The molecule has 0 unspecified atom stereocenters. The van der Waals surface area contributed by atoms with E-state index in [2.05, 4.69) is 33.0 Å². The van der Waals surface area contributed by atoms with Crippen LogP contribution in [0.5, 0.6) is 0 Å². The van der Waals surface area contributed by atoms with Crippen molar-refractivity contribution >= 4 is 11.6 Å². The lowest BCUT2D eigenvalue weighted by Crippen LogP contribution is -2.59. The molecule has 0 radical (unpaired) electrons. The lowest BCUT2D eigenvalue weighted by Gasteiger charge is -2.51. The van der Waals surface area contributed by atoms with Gasteiger partial charge in [-0.25, -0.2) is 0 Å². The summed E-state index contributed by atoms with van der Waals surface area (Å²) in [4.78, 5) is 16.2. The minimum atomic E-state index is -0.0909. The normalized spacial score (nSPS) is 39.5. The van der Waals surface area contributed by atoms with Gasteiger partial charge in [-0.3, -0.25) is 9.79 Å². The van der Waals surface area contributed by atoms with Crippen molar-refractivity contribution in [2.45, 2.75) is 65.0 Å². The summed E-state index contributed by atoms with van der Waals surface area (Å²) in [5.74, 6) is 1.15. The third-order valence-electron chi connectivity index (χ3n) is 4.73. The number of aliphatic imine (C=N–C) groups is 1.